The van der Waals surface area contributed by atoms with Gasteiger partial charge in [-0.2, -0.15) is 13.2 Å². The number of hydrogen-bond donors (Lipinski definition) is 2. The molecule has 39 heavy (non-hydrogen) atoms. The van der Waals surface area contributed by atoms with Gasteiger partial charge in [0.2, 0.25) is 0 Å². The van der Waals surface area contributed by atoms with Crippen LogP contribution in [0.2, 0.25) is 0 Å². The lowest BCUT2D eigenvalue weighted by Crippen LogP contribution is -2.38. The van der Waals surface area contributed by atoms with E-state index in [2.05, 4.69) is 10.3 Å². The first kappa shape index (κ1) is 29.0. The standard InChI is InChI=1S/C27H32F3N3O5S/c1-3-33-23-11-8-19(14-21(23)31-25(33)13-17-5-12-24(38-16-17)27(28,29)30)26(35)32-22(15-34)18-6-9-20(10-7-18)39(36,37)4-2/h6-11,14,17,22,24,34H,3-5,12-13,15-16H2,1-2H3,(H,32,35)/t17-,22+,24-/m1/s1. The second-order valence-corrected chi connectivity index (χ2v) is 11.9. The molecule has 3 atom stereocenters. The van der Waals surface area contributed by atoms with Crippen molar-refractivity contribution >= 4 is 26.8 Å². The van der Waals surface area contributed by atoms with Gasteiger partial charge in [-0.3, -0.25) is 4.79 Å². The van der Waals surface area contributed by atoms with Crippen molar-refractivity contribution in [3.05, 3.63) is 59.4 Å². The van der Waals surface area contributed by atoms with E-state index in [0.29, 0.717) is 36.0 Å². The molecule has 212 valence electrons. The Kier molecular flexibility index (Phi) is 8.67. The number of ether oxygens (including phenoxy) is 1. The number of carbonyl (C=O) groups is 1. The first-order chi connectivity index (χ1) is 18.5. The lowest BCUT2D eigenvalue weighted by atomic mass is 9.95. The smallest absolute Gasteiger partial charge is 0.394 e. The van der Waals surface area contributed by atoms with Gasteiger partial charge in [-0.25, -0.2) is 13.4 Å². The summed E-state index contributed by atoms with van der Waals surface area (Å²) in [6.07, 6.45) is -5.30. The molecular weight excluding hydrogens is 535 g/mol. The maximum atomic E-state index is 13.0. The van der Waals surface area contributed by atoms with E-state index in [4.69, 9.17) is 4.74 Å². The van der Waals surface area contributed by atoms with Crippen LogP contribution >= 0.6 is 0 Å². The normalized spacial score (nSPS) is 19.2. The average molecular weight is 568 g/mol. The number of aryl methyl sites for hydroxylation is 1. The van der Waals surface area contributed by atoms with Crippen LogP contribution < -0.4 is 5.32 Å². The number of halogens is 3. The first-order valence-electron chi connectivity index (χ1n) is 12.9. The highest BCUT2D eigenvalue weighted by Crippen LogP contribution is 2.33. The number of imidazole rings is 1. The number of sulfone groups is 1. The molecule has 1 aromatic heterocycles. The minimum absolute atomic E-state index is 0.0126. The van der Waals surface area contributed by atoms with Crippen molar-refractivity contribution in [2.75, 3.05) is 19.0 Å². The molecule has 2 aromatic carbocycles. The number of aliphatic hydroxyl groups is 1. The van der Waals surface area contributed by atoms with E-state index in [0.717, 1.165) is 11.3 Å². The van der Waals surface area contributed by atoms with Gasteiger partial charge in [0, 0.05) is 18.5 Å². The van der Waals surface area contributed by atoms with Gasteiger partial charge >= 0.3 is 6.18 Å². The fraction of sp³-hybridized carbons (Fsp3) is 0.481. The van der Waals surface area contributed by atoms with E-state index in [1.165, 1.54) is 12.1 Å². The summed E-state index contributed by atoms with van der Waals surface area (Å²) in [5.41, 5.74) is 2.27. The van der Waals surface area contributed by atoms with Gasteiger partial charge in [0.25, 0.3) is 5.91 Å². The number of benzene rings is 2. The number of nitrogens with zero attached hydrogens (tertiary/aromatic N) is 2. The fourth-order valence-corrected chi connectivity index (χ4v) is 5.75. The molecule has 0 unspecified atom stereocenters. The number of rotatable bonds is 9. The van der Waals surface area contributed by atoms with Gasteiger partial charge in [0.15, 0.2) is 15.9 Å². The highest BCUT2D eigenvalue weighted by molar-refractivity contribution is 7.91. The quantitative estimate of drug-likeness (QED) is 0.401. The van der Waals surface area contributed by atoms with Crippen molar-refractivity contribution in [1.82, 2.24) is 14.9 Å². The van der Waals surface area contributed by atoms with E-state index >= 15 is 0 Å². The van der Waals surface area contributed by atoms with Crippen LogP contribution in [0.1, 0.15) is 54.5 Å². The van der Waals surface area contributed by atoms with Gasteiger partial charge < -0.3 is 19.7 Å². The summed E-state index contributed by atoms with van der Waals surface area (Å²) in [7, 11) is -3.37. The lowest BCUT2D eigenvalue weighted by Gasteiger charge is -2.30. The number of aromatic nitrogens is 2. The summed E-state index contributed by atoms with van der Waals surface area (Å²) in [5.74, 6) is 0.168. The predicted octanol–water partition coefficient (Wildman–Crippen LogP) is 4.21. The van der Waals surface area contributed by atoms with E-state index in [1.54, 1.807) is 37.3 Å². The maximum Gasteiger partial charge on any atom is 0.414 e. The first-order valence-corrected chi connectivity index (χ1v) is 14.5. The molecule has 12 heteroatoms. The second-order valence-electron chi connectivity index (χ2n) is 9.67. The molecule has 0 bridgehead atoms. The third kappa shape index (κ3) is 6.44. The van der Waals surface area contributed by atoms with Crippen molar-refractivity contribution < 1.29 is 36.2 Å². The van der Waals surface area contributed by atoms with Crippen molar-refractivity contribution in [3.8, 4) is 0 Å². The Labute approximate surface area is 225 Å². The molecule has 1 saturated heterocycles. The molecule has 1 amide bonds. The van der Waals surface area contributed by atoms with Crippen LogP contribution in [0.5, 0.6) is 0 Å². The number of nitrogens with one attached hydrogen (secondary N) is 1. The largest absolute Gasteiger partial charge is 0.414 e. The third-order valence-electron chi connectivity index (χ3n) is 7.12. The molecule has 1 aliphatic rings. The molecule has 3 aromatic rings. The number of alkyl halides is 3. The Bertz CT molecular complexity index is 1410. The van der Waals surface area contributed by atoms with Crippen LogP contribution in [0.25, 0.3) is 11.0 Å². The van der Waals surface area contributed by atoms with Crippen LogP contribution in [-0.2, 0) is 27.5 Å². The van der Waals surface area contributed by atoms with E-state index in [1.807, 2.05) is 11.5 Å². The van der Waals surface area contributed by atoms with E-state index in [9.17, 15) is 31.5 Å². The van der Waals surface area contributed by atoms with Gasteiger partial charge in [-0.1, -0.05) is 19.1 Å². The highest BCUT2D eigenvalue weighted by atomic mass is 32.2. The molecule has 0 radical (unpaired) electrons. The molecule has 2 N–H and O–H groups in total. The minimum atomic E-state index is -4.35. The predicted molar refractivity (Wildman–Crippen MR) is 139 cm³/mol. The van der Waals surface area contributed by atoms with Crippen LogP contribution in [-0.4, -0.2) is 60.2 Å². The Morgan fingerprint density at radius 3 is 2.46 bits per heavy atom. The zero-order valence-electron chi connectivity index (χ0n) is 21.7. The molecular formula is C27H32F3N3O5S. The van der Waals surface area contributed by atoms with Crippen molar-refractivity contribution in [2.45, 2.75) is 62.9 Å². The molecule has 0 saturated carbocycles. The van der Waals surface area contributed by atoms with Gasteiger partial charge in [-0.15, -0.1) is 0 Å². The fourth-order valence-electron chi connectivity index (χ4n) is 4.86. The highest BCUT2D eigenvalue weighted by Gasteiger charge is 2.43. The molecule has 0 aliphatic carbocycles. The second kappa shape index (κ2) is 11.6. The van der Waals surface area contributed by atoms with Crippen LogP contribution in [0, 0.1) is 5.92 Å². The summed E-state index contributed by atoms with van der Waals surface area (Å²) in [4.78, 5) is 17.9. The Hall–Kier alpha value is -2.96. The number of hydrogen-bond acceptors (Lipinski definition) is 6. The number of aliphatic hydroxyl groups excluding tert-OH is 1. The maximum absolute atomic E-state index is 13.0. The number of amides is 1. The van der Waals surface area contributed by atoms with Crippen molar-refractivity contribution in [1.29, 1.82) is 0 Å². The molecule has 8 nitrogen and oxygen atoms in total. The molecule has 4 rings (SSSR count). The summed E-state index contributed by atoms with van der Waals surface area (Å²) in [6.45, 7) is 3.73. The Balaban J connectivity index is 1.48. The monoisotopic (exact) mass is 567 g/mol. The van der Waals surface area contributed by atoms with Gasteiger partial charge in [0.05, 0.1) is 40.9 Å². The number of fused-ring (bicyclic) bond motifs is 1. The summed E-state index contributed by atoms with van der Waals surface area (Å²) >= 11 is 0. The summed E-state index contributed by atoms with van der Waals surface area (Å²) in [6, 6.07) is 10.4. The van der Waals surface area contributed by atoms with Crippen LogP contribution in [0.3, 0.4) is 0 Å². The lowest BCUT2D eigenvalue weighted by molar-refractivity contribution is -0.235. The molecule has 1 fully saturated rings. The topological polar surface area (TPSA) is 111 Å². The molecule has 2 heterocycles. The molecule has 1 aliphatic heterocycles. The summed E-state index contributed by atoms with van der Waals surface area (Å²) in [5, 5.41) is 12.7. The van der Waals surface area contributed by atoms with E-state index < -0.39 is 34.1 Å². The zero-order chi connectivity index (χ0) is 28.4. The Morgan fingerprint density at radius 1 is 1.18 bits per heavy atom. The average Bonchev–Trinajstić information content (AvgIpc) is 3.27. The third-order valence-corrected chi connectivity index (χ3v) is 8.87. The van der Waals surface area contributed by atoms with Crippen molar-refractivity contribution in [2.24, 2.45) is 5.92 Å². The van der Waals surface area contributed by atoms with E-state index in [-0.39, 0.29) is 36.2 Å². The zero-order valence-corrected chi connectivity index (χ0v) is 22.6. The minimum Gasteiger partial charge on any atom is -0.394 e. The van der Waals surface area contributed by atoms with Crippen LogP contribution in [0.15, 0.2) is 47.4 Å². The SMILES string of the molecule is CCn1c(C[C@H]2CC[C@H](C(F)(F)F)OC2)nc2cc(C(=O)N[C@@H](CO)c3ccc(S(=O)(=O)CC)cc3)ccc21. The van der Waals surface area contributed by atoms with Gasteiger partial charge in [-0.05, 0) is 61.6 Å². The van der Waals surface area contributed by atoms with Crippen molar-refractivity contribution in [3.63, 3.8) is 0 Å². The molecule has 0 spiro atoms. The van der Waals surface area contributed by atoms with Gasteiger partial charge in [0.1, 0.15) is 5.82 Å². The number of carbonyl (C=O) groups excluding carboxylic acids is 1. The summed E-state index contributed by atoms with van der Waals surface area (Å²) < 4.78 is 69.9. The Morgan fingerprint density at radius 2 is 1.90 bits per heavy atom. The van der Waals surface area contributed by atoms with Crippen LogP contribution in [0.4, 0.5) is 13.2 Å².